The molecule has 1 saturated carbocycles. The Labute approximate surface area is 108 Å². The van der Waals surface area contributed by atoms with Crippen molar-refractivity contribution in [2.45, 2.75) is 32.2 Å². The van der Waals surface area contributed by atoms with Crippen LogP contribution in [0.4, 0.5) is 5.69 Å². The van der Waals surface area contributed by atoms with Gasteiger partial charge in [0.05, 0.1) is 0 Å². The number of hydrogen-bond donors (Lipinski definition) is 1. The first-order valence-electron chi connectivity index (χ1n) is 6.32. The second-order valence-electron chi connectivity index (χ2n) is 5.35. The van der Waals surface area contributed by atoms with Gasteiger partial charge in [0.1, 0.15) is 4.99 Å². The quantitative estimate of drug-likeness (QED) is 0.813. The fourth-order valence-corrected chi connectivity index (χ4v) is 3.48. The molecule has 2 nitrogen and oxygen atoms in total. The maximum Gasteiger partial charge on any atom is 0.103 e. The fraction of sp³-hybridized carbons (Fsp3) is 0.500. The molecular formula is C14H18N2S. The van der Waals surface area contributed by atoms with E-state index in [1.54, 1.807) is 0 Å². The molecule has 0 amide bonds. The number of piperidine rings is 1. The Morgan fingerprint density at radius 2 is 2.24 bits per heavy atom. The number of rotatable bonds is 2. The molecule has 3 rings (SSSR count). The number of benzene rings is 1. The van der Waals surface area contributed by atoms with Crippen LogP contribution in [-0.4, -0.2) is 17.6 Å². The molecule has 1 saturated heterocycles. The Morgan fingerprint density at radius 1 is 1.41 bits per heavy atom. The number of nitrogens with zero attached hydrogens (tertiary/aromatic N) is 1. The SMILES string of the molecule is Cc1cc(C(N)=S)ccc1N1CC2CCC1C2. The van der Waals surface area contributed by atoms with Gasteiger partial charge >= 0.3 is 0 Å². The molecule has 1 heterocycles. The summed E-state index contributed by atoms with van der Waals surface area (Å²) in [5.74, 6) is 0.926. The van der Waals surface area contributed by atoms with Gasteiger partial charge in [0.2, 0.25) is 0 Å². The van der Waals surface area contributed by atoms with Crippen LogP contribution in [0.1, 0.15) is 30.4 Å². The lowest BCUT2D eigenvalue weighted by Crippen LogP contribution is -2.32. The van der Waals surface area contributed by atoms with Crippen molar-refractivity contribution in [1.29, 1.82) is 0 Å². The first-order chi connectivity index (χ1) is 8.15. The summed E-state index contributed by atoms with van der Waals surface area (Å²) in [6.07, 6.45) is 4.17. The van der Waals surface area contributed by atoms with E-state index in [-0.39, 0.29) is 0 Å². The van der Waals surface area contributed by atoms with E-state index in [4.69, 9.17) is 18.0 Å². The van der Waals surface area contributed by atoms with Gasteiger partial charge in [-0.05, 0) is 55.9 Å². The van der Waals surface area contributed by atoms with Crippen molar-refractivity contribution in [3.8, 4) is 0 Å². The molecule has 2 N–H and O–H groups in total. The summed E-state index contributed by atoms with van der Waals surface area (Å²) in [4.78, 5) is 3.06. The highest BCUT2D eigenvalue weighted by atomic mass is 32.1. The normalized spacial score (nSPS) is 26.5. The maximum absolute atomic E-state index is 5.66. The summed E-state index contributed by atoms with van der Waals surface area (Å²) in [5, 5.41) is 0. The molecule has 1 aliphatic heterocycles. The molecule has 90 valence electrons. The number of aryl methyl sites for hydroxylation is 1. The van der Waals surface area contributed by atoms with Crippen LogP contribution < -0.4 is 10.6 Å². The number of anilines is 1. The monoisotopic (exact) mass is 246 g/mol. The van der Waals surface area contributed by atoms with Crippen molar-refractivity contribution in [3.05, 3.63) is 29.3 Å². The Kier molecular flexibility index (Phi) is 2.58. The van der Waals surface area contributed by atoms with Gasteiger partial charge in [-0.15, -0.1) is 0 Å². The third kappa shape index (κ3) is 1.82. The minimum Gasteiger partial charge on any atom is -0.389 e. The molecule has 1 aromatic rings. The van der Waals surface area contributed by atoms with E-state index < -0.39 is 0 Å². The zero-order chi connectivity index (χ0) is 12.0. The average Bonchev–Trinajstić information content (AvgIpc) is 2.90. The van der Waals surface area contributed by atoms with Crippen LogP contribution >= 0.6 is 12.2 Å². The van der Waals surface area contributed by atoms with Crippen LogP contribution in [0.5, 0.6) is 0 Å². The van der Waals surface area contributed by atoms with Gasteiger partial charge < -0.3 is 10.6 Å². The van der Waals surface area contributed by atoms with E-state index in [0.29, 0.717) is 4.99 Å². The van der Waals surface area contributed by atoms with Crippen molar-refractivity contribution < 1.29 is 0 Å². The van der Waals surface area contributed by atoms with Gasteiger partial charge in [0.15, 0.2) is 0 Å². The predicted octanol–water partition coefficient (Wildman–Crippen LogP) is 2.62. The van der Waals surface area contributed by atoms with Crippen LogP contribution in [0, 0.1) is 12.8 Å². The minimum absolute atomic E-state index is 0.489. The number of hydrogen-bond acceptors (Lipinski definition) is 2. The first-order valence-corrected chi connectivity index (χ1v) is 6.73. The van der Waals surface area contributed by atoms with Crippen molar-refractivity contribution in [3.63, 3.8) is 0 Å². The molecule has 3 heteroatoms. The summed E-state index contributed by atoms with van der Waals surface area (Å²) in [5.41, 5.74) is 9.31. The Hall–Kier alpha value is -1.09. The highest BCUT2D eigenvalue weighted by Crippen LogP contribution is 2.41. The lowest BCUT2D eigenvalue weighted by Gasteiger charge is -2.30. The zero-order valence-electron chi connectivity index (χ0n) is 10.1. The van der Waals surface area contributed by atoms with Gasteiger partial charge in [-0.2, -0.15) is 0 Å². The first kappa shape index (κ1) is 11.0. The van der Waals surface area contributed by atoms with Crippen molar-refractivity contribution in [2.75, 3.05) is 11.4 Å². The molecule has 17 heavy (non-hydrogen) atoms. The van der Waals surface area contributed by atoms with E-state index in [1.807, 2.05) is 0 Å². The summed E-state index contributed by atoms with van der Waals surface area (Å²) in [6.45, 7) is 3.39. The molecule has 1 aromatic carbocycles. The van der Waals surface area contributed by atoms with Gasteiger partial charge in [-0.25, -0.2) is 0 Å². The number of nitrogens with two attached hydrogens (primary N) is 1. The molecule has 1 aliphatic carbocycles. The van der Waals surface area contributed by atoms with E-state index in [1.165, 1.54) is 37.1 Å². The molecule has 0 aromatic heterocycles. The number of fused-ring (bicyclic) bond motifs is 2. The van der Waals surface area contributed by atoms with E-state index in [0.717, 1.165) is 17.5 Å². The smallest absolute Gasteiger partial charge is 0.103 e. The third-order valence-electron chi connectivity index (χ3n) is 4.20. The van der Waals surface area contributed by atoms with Gasteiger partial charge in [-0.1, -0.05) is 12.2 Å². The molecule has 0 radical (unpaired) electrons. The van der Waals surface area contributed by atoms with Gasteiger partial charge in [-0.3, -0.25) is 0 Å². The average molecular weight is 246 g/mol. The Balaban J connectivity index is 1.91. The molecule has 0 spiro atoms. The Morgan fingerprint density at radius 3 is 2.76 bits per heavy atom. The lowest BCUT2D eigenvalue weighted by molar-refractivity contribution is 0.553. The second-order valence-corrected chi connectivity index (χ2v) is 5.79. The fourth-order valence-electron chi connectivity index (χ4n) is 3.35. The van der Waals surface area contributed by atoms with E-state index >= 15 is 0 Å². The van der Waals surface area contributed by atoms with Crippen molar-refractivity contribution in [2.24, 2.45) is 11.7 Å². The van der Waals surface area contributed by atoms with Crippen molar-refractivity contribution in [1.82, 2.24) is 0 Å². The molecule has 2 bridgehead atoms. The number of thiocarbonyl (C=S) groups is 1. The standard InChI is InChI=1S/C14H18N2S/c1-9-6-11(14(15)17)3-5-13(9)16-8-10-2-4-12(16)7-10/h3,5-6,10,12H,2,4,7-8H2,1H3,(H2,15,17). The van der Waals surface area contributed by atoms with Crippen LogP contribution in [0.25, 0.3) is 0 Å². The third-order valence-corrected chi connectivity index (χ3v) is 4.44. The Bertz CT molecular complexity index is 469. The molecule has 2 aliphatic rings. The summed E-state index contributed by atoms with van der Waals surface area (Å²) < 4.78 is 0. The second kappa shape index (κ2) is 3.98. The van der Waals surface area contributed by atoms with E-state index in [9.17, 15) is 0 Å². The molecule has 2 unspecified atom stereocenters. The highest BCUT2D eigenvalue weighted by Gasteiger charge is 2.38. The van der Waals surface area contributed by atoms with Crippen LogP contribution in [0.3, 0.4) is 0 Å². The molecular weight excluding hydrogens is 228 g/mol. The molecule has 2 fully saturated rings. The van der Waals surface area contributed by atoms with Crippen LogP contribution in [-0.2, 0) is 0 Å². The predicted molar refractivity (Wildman–Crippen MR) is 75.5 cm³/mol. The summed E-state index contributed by atoms with van der Waals surface area (Å²) >= 11 is 5.02. The topological polar surface area (TPSA) is 29.3 Å². The highest BCUT2D eigenvalue weighted by molar-refractivity contribution is 7.80. The van der Waals surface area contributed by atoms with Gasteiger partial charge in [0, 0.05) is 23.8 Å². The minimum atomic E-state index is 0.489. The van der Waals surface area contributed by atoms with Crippen LogP contribution in [0.2, 0.25) is 0 Å². The van der Waals surface area contributed by atoms with Gasteiger partial charge in [0.25, 0.3) is 0 Å². The largest absolute Gasteiger partial charge is 0.389 e. The zero-order valence-corrected chi connectivity index (χ0v) is 11.0. The molecule has 2 atom stereocenters. The van der Waals surface area contributed by atoms with Crippen LogP contribution in [0.15, 0.2) is 18.2 Å². The van der Waals surface area contributed by atoms with E-state index in [2.05, 4.69) is 30.0 Å². The summed E-state index contributed by atoms with van der Waals surface area (Å²) in [7, 11) is 0. The maximum atomic E-state index is 5.66. The lowest BCUT2D eigenvalue weighted by atomic mass is 10.1. The van der Waals surface area contributed by atoms with Crippen molar-refractivity contribution >= 4 is 22.9 Å². The summed E-state index contributed by atoms with van der Waals surface area (Å²) in [6, 6.07) is 7.12.